The van der Waals surface area contributed by atoms with Gasteiger partial charge in [-0.2, -0.15) is 0 Å². The zero-order chi connectivity index (χ0) is 19.1. The fraction of sp³-hybridized carbons (Fsp3) is 0.500. The number of nitrogens with zero attached hydrogens (tertiary/aromatic N) is 1. The highest BCUT2D eigenvalue weighted by Crippen LogP contribution is 2.51. The summed E-state index contributed by atoms with van der Waals surface area (Å²) in [7, 11) is 4.71. The van der Waals surface area contributed by atoms with Gasteiger partial charge in [0.05, 0.1) is 26.9 Å². The number of fused-ring (bicyclic) bond motifs is 3. The molecule has 3 atom stereocenters. The zero-order valence-corrected chi connectivity index (χ0v) is 16.8. The molecule has 1 saturated carbocycles. The van der Waals surface area contributed by atoms with Crippen LogP contribution in [0.2, 0.25) is 0 Å². The van der Waals surface area contributed by atoms with Crippen LogP contribution < -0.4 is 19.8 Å². The van der Waals surface area contributed by atoms with Crippen molar-refractivity contribution in [3.63, 3.8) is 0 Å². The van der Waals surface area contributed by atoms with E-state index in [1.807, 2.05) is 0 Å². The van der Waals surface area contributed by atoms with Gasteiger partial charge in [-0.1, -0.05) is 13.3 Å². The Morgan fingerprint density at radius 3 is 2.44 bits per heavy atom. The molecular formula is C20H24N2O4S. The normalized spacial score (nSPS) is 23.5. The van der Waals surface area contributed by atoms with Crippen molar-refractivity contribution in [3.05, 3.63) is 28.0 Å². The molecule has 0 saturated heterocycles. The lowest BCUT2D eigenvalue weighted by Gasteiger charge is -2.28. The Balaban J connectivity index is 1.78. The van der Waals surface area contributed by atoms with Crippen molar-refractivity contribution < 1.29 is 14.2 Å². The number of aromatic nitrogens is 2. The molecule has 3 unspecified atom stereocenters. The summed E-state index contributed by atoms with van der Waals surface area (Å²) >= 11 is 1.76. The summed E-state index contributed by atoms with van der Waals surface area (Å²) in [4.78, 5) is 20.6. The molecule has 7 heteroatoms. The monoisotopic (exact) mass is 388 g/mol. The van der Waals surface area contributed by atoms with Gasteiger partial charge < -0.3 is 19.2 Å². The van der Waals surface area contributed by atoms with Crippen LogP contribution in [0.3, 0.4) is 0 Å². The number of methoxy groups -OCH3 is 3. The lowest BCUT2D eigenvalue weighted by molar-refractivity contribution is 0.324. The average molecular weight is 388 g/mol. The Morgan fingerprint density at radius 2 is 1.81 bits per heavy atom. The third-order valence-corrected chi connectivity index (χ3v) is 6.90. The maximum atomic E-state index is 12.9. The number of nitrogens with one attached hydrogen (secondary N) is 1. The first-order chi connectivity index (χ1) is 13.0. The lowest BCUT2D eigenvalue weighted by Crippen LogP contribution is -2.25. The van der Waals surface area contributed by atoms with Gasteiger partial charge in [-0.25, -0.2) is 4.98 Å². The SMILES string of the molecule is COc1cc(-c2nc3c(c(=O)[nH]2)C2CCC(C)CC2S3)cc(OC)c1OC. The van der Waals surface area contributed by atoms with Gasteiger partial charge in [-0.05, 0) is 30.9 Å². The summed E-state index contributed by atoms with van der Waals surface area (Å²) in [5.41, 5.74) is 1.57. The molecule has 2 aromatic rings. The van der Waals surface area contributed by atoms with E-state index in [0.29, 0.717) is 40.2 Å². The van der Waals surface area contributed by atoms with Crippen LogP contribution in [0.25, 0.3) is 11.4 Å². The van der Waals surface area contributed by atoms with Crippen LogP contribution in [0.4, 0.5) is 0 Å². The van der Waals surface area contributed by atoms with Crippen molar-refractivity contribution in [1.82, 2.24) is 9.97 Å². The fourth-order valence-corrected chi connectivity index (χ4v) is 5.83. The Labute approximate surface area is 162 Å². The summed E-state index contributed by atoms with van der Waals surface area (Å²) in [6.07, 6.45) is 3.39. The molecule has 1 fully saturated rings. The van der Waals surface area contributed by atoms with Gasteiger partial charge in [0.1, 0.15) is 10.9 Å². The summed E-state index contributed by atoms with van der Waals surface area (Å²) in [5, 5.41) is 1.33. The van der Waals surface area contributed by atoms with E-state index < -0.39 is 0 Å². The lowest BCUT2D eigenvalue weighted by atomic mass is 9.80. The molecule has 1 aliphatic carbocycles. The molecular weight excluding hydrogens is 364 g/mol. The van der Waals surface area contributed by atoms with Crippen LogP contribution in [0.1, 0.15) is 37.7 Å². The average Bonchev–Trinajstić information content (AvgIpc) is 3.04. The highest BCUT2D eigenvalue weighted by atomic mass is 32.2. The van der Waals surface area contributed by atoms with Gasteiger partial charge in [0.2, 0.25) is 5.75 Å². The summed E-state index contributed by atoms with van der Waals surface area (Å²) in [6.45, 7) is 2.29. The summed E-state index contributed by atoms with van der Waals surface area (Å²) < 4.78 is 16.2. The van der Waals surface area contributed by atoms with Crippen LogP contribution in [0.15, 0.2) is 22.0 Å². The molecule has 4 rings (SSSR count). The van der Waals surface area contributed by atoms with Gasteiger partial charge in [-0.15, -0.1) is 11.8 Å². The Hall–Kier alpha value is -2.15. The molecule has 144 valence electrons. The van der Waals surface area contributed by atoms with Crippen molar-refractivity contribution in [1.29, 1.82) is 0 Å². The van der Waals surface area contributed by atoms with Crippen molar-refractivity contribution in [2.75, 3.05) is 21.3 Å². The zero-order valence-electron chi connectivity index (χ0n) is 16.0. The molecule has 1 N–H and O–H groups in total. The van der Waals surface area contributed by atoms with E-state index in [-0.39, 0.29) is 5.56 Å². The molecule has 27 heavy (non-hydrogen) atoms. The highest BCUT2D eigenvalue weighted by Gasteiger charge is 2.40. The maximum Gasteiger partial charge on any atom is 0.255 e. The Morgan fingerprint density at radius 1 is 1.11 bits per heavy atom. The molecule has 0 radical (unpaired) electrons. The van der Waals surface area contributed by atoms with Gasteiger partial charge in [0.15, 0.2) is 11.5 Å². The second-order valence-corrected chi connectivity index (χ2v) is 8.46. The minimum absolute atomic E-state index is 0.0293. The predicted octanol–water partition coefficient (Wildman–Crippen LogP) is 3.84. The number of aromatic amines is 1. The van der Waals surface area contributed by atoms with Crippen LogP contribution in [-0.2, 0) is 0 Å². The van der Waals surface area contributed by atoms with Gasteiger partial charge in [-0.3, -0.25) is 4.79 Å². The summed E-state index contributed by atoms with van der Waals surface area (Å²) in [5.74, 6) is 3.14. The van der Waals surface area contributed by atoms with Crippen LogP contribution >= 0.6 is 11.8 Å². The quantitative estimate of drug-likeness (QED) is 0.802. The number of hydrogen-bond donors (Lipinski definition) is 1. The van der Waals surface area contributed by atoms with Crippen molar-refractivity contribution in [2.45, 2.75) is 42.4 Å². The first-order valence-corrected chi connectivity index (χ1v) is 10.0. The molecule has 2 aliphatic rings. The third kappa shape index (κ3) is 3.08. The van der Waals surface area contributed by atoms with E-state index in [1.165, 1.54) is 6.42 Å². The van der Waals surface area contributed by atoms with Crippen LogP contribution in [-0.4, -0.2) is 36.5 Å². The predicted molar refractivity (Wildman–Crippen MR) is 105 cm³/mol. The molecule has 1 aromatic heterocycles. The number of rotatable bonds is 4. The van der Waals surface area contributed by atoms with Gasteiger partial charge >= 0.3 is 0 Å². The number of H-pyrrole nitrogens is 1. The smallest absolute Gasteiger partial charge is 0.255 e. The van der Waals surface area contributed by atoms with E-state index in [2.05, 4.69) is 11.9 Å². The molecule has 1 aromatic carbocycles. The second-order valence-electron chi connectivity index (χ2n) is 7.23. The van der Waals surface area contributed by atoms with E-state index in [4.69, 9.17) is 19.2 Å². The second kappa shape index (κ2) is 7.11. The molecule has 0 spiro atoms. The molecule has 1 aliphatic heterocycles. The Bertz CT molecular complexity index is 902. The first-order valence-electron chi connectivity index (χ1n) is 9.17. The van der Waals surface area contributed by atoms with E-state index in [1.54, 1.807) is 45.2 Å². The number of thioether (sulfide) groups is 1. The largest absolute Gasteiger partial charge is 0.493 e. The molecule has 6 nitrogen and oxygen atoms in total. The van der Waals surface area contributed by atoms with Crippen molar-refractivity contribution >= 4 is 11.8 Å². The standard InChI is InChI=1S/C20H24N2O4S/c1-10-5-6-12-15(7-10)27-20-16(12)19(23)21-18(22-20)11-8-13(24-2)17(26-4)14(9-11)25-3/h8-10,12,15H,5-7H2,1-4H3,(H,21,22,23). The van der Waals surface area contributed by atoms with Crippen molar-refractivity contribution in [3.8, 4) is 28.6 Å². The summed E-state index contributed by atoms with van der Waals surface area (Å²) in [6, 6.07) is 3.61. The van der Waals surface area contributed by atoms with E-state index in [9.17, 15) is 4.79 Å². The number of ether oxygens (including phenoxy) is 3. The molecule has 0 bridgehead atoms. The molecule has 0 amide bonds. The minimum atomic E-state index is -0.0293. The Kier molecular flexibility index (Phi) is 4.80. The first kappa shape index (κ1) is 18.2. The topological polar surface area (TPSA) is 73.4 Å². The van der Waals surface area contributed by atoms with Gasteiger partial charge in [0.25, 0.3) is 5.56 Å². The maximum absolute atomic E-state index is 12.9. The third-order valence-electron chi connectivity index (χ3n) is 5.55. The van der Waals surface area contributed by atoms with E-state index >= 15 is 0 Å². The van der Waals surface area contributed by atoms with Crippen LogP contribution in [0.5, 0.6) is 17.2 Å². The minimum Gasteiger partial charge on any atom is -0.493 e. The number of benzene rings is 1. The number of hydrogen-bond acceptors (Lipinski definition) is 6. The molecule has 2 heterocycles. The van der Waals surface area contributed by atoms with Crippen LogP contribution in [0, 0.1) is 5.92 Å². The van der Waals surface area contributed by atoms with E-state index in [0.717, 1.165) is 29.0 Å². The van der Waals surface area contributed by atoms with Crippen molar-refractivity contribution in [2.24, 2.45) is 5.92 Å². The highest BCUT2D eigenvalue weighted by molar-refractivity contribution is 8.00. The fourth-order valence-electron chi connectivity index (χ4n) is 4.17. The van der Waals surface area contributed by atoms with Gasteiger partial charge in [0, 0.05) is 16.7 Å².